The van der Waals surface area contributed by atoms with Crippen LogP contribution in [0.1, 0.15) is 11.1 Å². The van der Waals surface area contributed by atoms with Crippen molar-refractivity contribution in [2.24, 2.45) is 5.16 Å². The molecule has 0 aliphatic carbocycles. The Morgan fingerprint density at radius 2 is 2.40 bits per heavy atom. The molecule has 0 bridgehead atoms. The van der Waals surface area contributed by atoms with Gasteiger partial charge in [0.1, 0.15) is 18.1 Å². The molecule has 0 amide bonds. The molecule has 0 atom stereocenters. The quantitative estimate of drug-likeness (QED) is 0.387. The van der Waals surface area contributed by atoms with Crippen molar-refractivity contribution in [2.45, 2.75) is 6.54 Å². The summed E-state index contributed by atoms with van der Waals surface area (Å²) in [5, 5.41) is 26.0. The third kappa shape index (κ3) is 2.91. The van der Waals surface area contributed by atoms with E-state index in [0.717, 1.165) is 5.56 Å². The predicted molar refractivity (Wildman–Crippen MR) is 70.4 cm³/mol. The van der Waals surface area contributed by atoms with Crippen molar-refractivity contribution in [3.63, 3.8) is 0 Å². The lowest BCUT2D eigenvalue weighted by molar-refractivity contribution is -0.385. The minimum Gasteiger partial charge on any atom is -0.496 e. The Morgan fingerprint density at radius 3 is 3.00 bits per heavy atom. The molecule has 8 nitrogen and oxygen atoms in total. The van der Waals surface area contributed by atoms with Crippen LogP contribution in [0, 0.1) is 10.1 Å². The normalized spacial score (nSPS) is 10.8. The zero-order valence-corrected chi connectivity index (χ0v) is 10.6. The van der Waals surface area contributed by atoms with Gasteiger partial charge in [-0.15, -0.1) is 0 Å². The second-order valence-corrected chi connectivity index (χ2v) is 3.97. The summed E-state index contributed by atoms with van der Waals surface area (Å²) in [6.07, 6.45) is 3.81. The first kappa shape index (κ1) is 13.5. The van der Waals surface area contributed by atoms with E-state index in [1.54, 1.807) is 18.2 Å². The highest BCUT2D eigenvalue weighted by molar-refractivity contribution is 5.79. The highest BCUT2D eigenvalue weighted by atomic mass is 16.6. The Hall–Kier alpha value is -2.90. The molecule has 0 saturated carbocycles. The van der Waals surface area contributed by atoms with Crippen LogP contribution in [0.2, 0.25) is 0 Å². The van der Waals surface area contributed by atoms with Crippen LogP contribution in [-0.2, 0) is 6.54 Å². The van der Waals surface area contributed by atoms with Crippen LogP contribution in [0.4, 0.5) is 5.69 Å². The maximum Gasteiger partial charge on any atom is 0.307 e. The Balaban J connectivity index is 2.30. The van der Waals surface area contributed by atoms with Crippen molar-refractivity contribution in [2.75, 3.05) is 7.11 Å². The van der Waals surface area contributed by atoms with Gasteiger partial charge in [0.2, 0.25) is 0 Å². The van der Waals surface area contributed by atoms with Gasteiger partial charge in [-0.1, -0.05) is 5.16 Å². The second-order valence-electron chi connectivity index (χ2n) is 3.97. The zero-order valence-electron chi connectivity index (χ0n) is 10.6. The lowest BCUT2D eigenvalue weighted by atomic mass is 10.1. The van der Waals surface area contributed by atoms with E-state index in [1.165, 1.54) is 30.4 Å². The molecule has 104 valence electrons. The number of hydrogen-bond acceptors (Lipinski definition) is 6. The van der Waals surface area contributed by atoms with Crippen LogP contribution in [0.15, 0.2) is 35.7 Å². The first-order valence-corrected chi connectivity index (χ1v) is 5.65. The van der Waals surface area contributed by atoms with Gasteiger partial charge in [0, 0.05) is 5.56 Å². The highest BCUT2D eigenvalue weighted by Gasteiger charge is 2.11. The molecular formula is C12H12N4O4. The van der Waals surface area contributed by atoms with Crippen LogP contribution >= 0.6 is 0 Å². The van der Waals surface area contributed by atoms with Gasteiger partial charge in [-0.25, -0.2) is 0 Å². The van der Waals surface area contributed by atoms with Crippen molar-refractivity contribution in [3.05, 3.63) is 51.8 Å². The molecule has 1 N–H and O–H groups in total. The second kappa shape index (κ2) is 5.83. The molecule has 1 aromatic carbocycles. The number of hydrogen-bond donors (Lipinski definition) is 1. The number of methoxy groups -OCH3 is 1. The van der Waals surface area contributed by atoms with Gasteiger partial charge in [-0.05, 0) is 23.8 Å². The fraction of sp³-hybridized carbons (Fsp3) is 0.167. The van der Waals surface area contributed by atoms with E-state index in [2.05, 4.69) is 10.3 Å². The highest BCUT2D eigenvalue weighted by Crippen LogP contribution is 2.21. The van der Waals surface area contributed by atoms with E-state index in [1.807, 2.05) is 0 Å². The van der Waals surface area contributed by atoms with Crippen molar-refractivity contribution in [1.29, 1.82) is 0 Å². The van der Waals surface area contributed by atoms with E-state index in [4.69, 9.17) is 9.94 Å². The summed E-state index contributed by atoms with van der Waals surface area (Å²) in [4.78, 5) is 10.1. The van der Waals surface area contributed by atoms with E-state index in [9.17, 15) is 10.1 Å². The number of benzene rings is 1. The lowest BCUT2D eigenvalue weighted by Crippen LogP contribution is -2.03. The number of nitro groups is 1. The summed E-state index contributed by atoms with van der Waals surface area (Å²) in [5.74, 6) is 0.623. The average molecular weight is 276 g/mol. The average Bonchev–Trinajstić information content (AvgIpc) is 2.88. The summed E-state index contributed by atoms with van der Waals surface area (Å²) in [6.45, 7) is 0.310. The number of rotatable bonds is 5. The van der Waals surface area contributed by atoms with Crippen molar-refractivity contribution >= 4 is 11.9 Å². The molecule has 1 aromatic heterocycles. The predicted octanol–water partition coefficient (Wildman–Crippen LogP) is 1.66. The smallest absolute Gasteiger partial charge is 0.307 e. The minimum absolute atomic E-state index is 0.0722. The molecule has 0 saturated heterocycles. The fourth-order valence-electron chi connectivity index (χ4n) is 1.78. The van der Waals surface area contributed by atoms with Crippen LogP contribution in [-0.4, -0.2) is 33.2 Å². The molecule has 0 radical (unpaired) electrons. The molecule has 0 spiro atoms. The number of nitrogens with zero attached hydrogens (tertiary/aromatic N) is 4. The molecule has 0 aliphatic heterocycles. The van der Waals surface area contributed by atoms with E-state index < -0.39 is 4.92 Å². The Bertz CT molecular complexity index is 651. The van der Waals surface area contributed by atoms with Crippen LogP contribution < -0.4 is 4.74 Å². The van der Waals surface area contributed by atoms with E-state index in [0.29, 0.717) is 17.9 Å². The number of aromatic nitrogens is 2. The van der Waals surface area contributed by atoms with Gasteiger partial charge in [0.25, 0.3) is 0 Å². The first-order chi connectivity index (χ1) is 9.63. The molecule has 0 aliphatic rings. The maximum absolute atomic E-state index is 10.6. The maximum atomic E-state index is 10.6. The summed E-state index contributed by atoms with van der Waals surface area (Å²) >= 11 is 0. The SMILES string of the molecule is COc1ccc(C=NO)cc1Cn1cc([N+](=O)[O-])cn1. The van der Waals surface area contributed by atoms with Crippen LogP contribution in [0.25, 0.3) is 0 Å². The Kier molecular flexibility index (Phi) is 3.94. The van der Waals surface area contributed by atoms with Gasteiger partial charge < -0.3 is 9.94 Å². The van der Waals surface area contributed by atoms with E-state index >= 15 is 0 Å². The summed E-state index contributed by atoms with van der Waals surface area (Å²) in [6, 6.07) is 5.21. The topological polar surface area (TPSA) is 103 Å². The molecule has 2 rings (SSSR count). The van der Waals surface area contributed by atoms with E-state index in [-0.39, 0.29) is 5.69 Å². The van der Waals surface area contributed by atoms with Gasteiger partial charge in [-0.2, -0.15) is 5.10 Å². The molecule has 1 heterocycles. The Labute approximate surface area is 114 Å². The molecule has 20 heavy (non-hydrogen) atoms. The molecular weight excluding hydrogens is 264 g/mol. The monoisotopic (exact) mass is 276 g/mol. The largest absolute Gasteiger partial charge is 0.496 e. The lowest BCUT2D eigenvalue weighted by Gasteiger charge is -2.09. The van der Waals surface area contributed by atoms with Gasteiger partial charge in [-0.3, -0.25) is 14.8 Å². The molecule has 0 unspecified atom stereocenters. The van der Waals surface area contributed by atoms with Crippen LogP contribution in [0.5, 0.6) is 5.75 Å². The minimum atomic E-state index is -0.504. The number of oxime groups is 1. The van der Waals surface area contributed by atoms with Gasteiger partial charge in [0.05, 0.1) is 24.8 Å². The standard InChI is InChI=1S/C12H12N4O4/c1-20-12-3-2-9(5-14-17)4-10(12)7-15-8-11(6-13-15)16(18)19/h2-6,8,17H,7H2,1H3. The third-order valence-corrected chi connectivity index (χ3v) is 2.67. The van der Waals surface area contributed by atoms with Gasteiger partial charge in [0.15, 0.2) is 0 Å². The first-order valence-electron chi connectivity index (χ1n) is 5.65. The molecule has 0 fully saturated rings. The summed E-state index contributed by atoms with van der Waals surface area (Å²) in [5.41, 5.74) is 1.38. The third-order valence-electron chi connectivity index (χ3n) is 2.67. The summed E-state index contributed by atoms with van der Waals surface area (Å²) in [7, 11) is 1.53. The summed E-state index contributed by atoms with van der Waals surface area (Å²) < 4.78 is 6.66. The zero-order chi connectivity index (χ0) is 14.5. The van der Waals surface area contributed by atoms with Crippen LogP contribution in [0.3, 0.4) is 0 Å². The van der Waals surface area contributed by atoms with Crippen molar-refractivity contribution in [3.8, 4) is 5.75 Å². The fourth-order valence-corrected chi connectivity index (χ4v) is 1.78. The van der Waals surface area contributed by atoms with Crippen molar-refractivity contribution < 1.29 is 14.9 Å². The molecule has 2 aromatic rings. The Morgan fingerprint density at radius 1 is 1.60 bits per heavy atom. The molecule has 8 heteroatoms. The van der Waals surface area contributed by atoms with Crippen molar-refractivity contribution in [1.82, 2.24) is 9.78 Å². The number of ether oxygens (including phenoxy) is 1. The van der Waals surface area contributed by atoms with Gasteiger partial charge >= 0.3 is 5.69 Å².